The predicted octanol–water partition coefficient (Wildman–Crippen LogP) is -0.446. The predicted molar refractivity (Wildman–Crippen MR) is 46.7 cm³/mol. The van der Waals surface area contributed by atoms with Gasteiger partial charge in [-0.15, -0.1) is 0 Å². The molecule has 5 nitrogen and oxygen atoms in total. The first-order chi connectivity index (χ1) is 6.94. The summed E-state index contributed by atoms with van der Waals surface area (Å²) in [5, 5.41) is 18.0. The van der Waals surface area contributed by atoms with Gasteiger partial charge in [-0.3, -0.25) is 0 Å². The summed E-state index contributed by atoms with van der Waals surface area (Å²) in [5.74, 6) is -0.866. The number of ether oxygens (including phenoxy) is 3. The fourth-order valence-electron chi connectivity index (χ4n) is 1.90. The van der Waals surface area contributed by atoms with Crippen molar-refractivity contribution in [2.75, 3.05) is 6.61 Å². The molecule has 1 unspecified atom stereocenters. The Hall–Kier alpha value is -0.270. The number of hydrogen-bond donors (Lipinski definition) is 2. The van der Waals surface area contributed by atoms with Gasteiger partial charge in [-0.2, -0.15) is 0 Å². The largest absolute Gasteiger partial charge is 0.394 e. The first kappa shape index (κ1) is 11.2. The van der Waals surface area contributed by atoms with Gasteiger partial charge in [-0.05, 0) is 13.8 Å². The molecule has 6 heteroatoms. The highest BCUT2D eigenvalue weighted by molar-refractivity contribution is 4.95. The van der Waals surface area contributed by atoms with E-state index in [0.717, 1.165) is 0 Å². The topological polar surface area (TPSA) is 68.2 Å². The summed E-state index contributed by atoms with van der Waals surface area (Å²) >= 11 is 0. The molecule has 0 aromatic rings. The number of alkyl halides is 1. The van der Waals surface area contributed by atoms with Crippen LogP contribution in [0.2, 0.25) is 0 Å². The second kappa shape index (κ2) is 3.64. The Morgan fingerprint density at radius 2 is 2.07 bits per heavy atom. The molecule has 0 aliphatic carbocycles. The Bertz CT molecular complexity index is 247. The molecule has 0 aromatic carbocycles. The van der Waals surface area contributed by atoms with Gasteiger partial charge in [0, 0.05) is 0 Å². The average Bonchev–Trinajstić information content (AvgIpc) is 2.60. The summed E-state index contributed by atoms with van der Waals surface area (Å²) < 4.78 is 29.5. The molecule has 2 fully saturated rings. The molecule has 2 rings (SSSR count). The van der Waals surface area contributed by atoms with Gasteiger partial charge in [-0.1, -0.05) is 0 Å². The third-order valence-corrected chi connectivity index (χ3v) is 2.57. The molecule has 2 saturated heterocycles. The van der Waals surface area contributed by atoms with E-state index in [1.165, 1.54) is 0 Å². The van der Waals surface area contributed by atoms with E-state index in [1.807, 2.05) is 0 Å². The minimum atomic E-state index is -1.49. The summed E-state index contributed by atoms with van der Waals surface area (Å²) in [7, 11) is 0. The van der Waals surface area contributed by atoms with Crippen molar-refractivity contribution < 1.29 is 28.8 Å². The summed E-state index contributed by atoms with van der Waals surface area (Å²) in [6.45, 7) is 2.78. The van der Waals surface area contributed by atoms with Gasteiger partial charge in [-0.25, -0.2) is 4.39 Å². The molecule has 0 spiro atoms. The molecule has 2 heterocycles. The van der Waals surface area contributed by atoms with Gasteiger partial charge < -0.3 is 24.4 Å². The van der Waals surface area contributed by atoms with Gasteiger partial charge in [0.25, 0.3) is 0 Å². The van der Waals surface area contributed by atoms with Crippen LogP contribution in [0.1, 0.15) is 13.8 Å². The third-order valence-electron chi connectivity index (χ3n) is 2.57. The number of rotatable bonds is 2. The minimum Gasteiger partial charge on any atom is -0.394 e. The van der Waals surface area contributed by atoms with E-state index in [9.17, 15) is 9.50 Å². The van der Waals surface area contributed by atoms with E-state index in [0.29, 0.717) is 0 Å². The van der Waals surface area contributed by atoms with Crippen molar-refractivity contribution in [2.45, 2.75) is 50.4 Å². The first-order valence-electron chi connectivity index (χ1n) is 4.89. The summed E-state index contributed by atoms with van der Waals surface area (Å²) in [4.78, 5) is 0. The molecule has 15 heavy (non-hydrogen) atoms. The van der Waals surface area contributed by atoms with Gasteiger partial charge in [0.05, 0.1) is 6.61 Å². The maximum atomic E-state index is 13.7. The highest BCUT2D eigenvalue weighted by atomic mass is 19.1. The second-order valence-electron chi connectivity index (χ2n) is 4.26. The van der Waals surface area contributed by atoms with Crippen molar-refractivity contribution in [2.24, 2.45) is 0 Å². The third kappa shape index (κ3) is 1.88. The smallest absolute Gasteiger partial charge is 0.190 e. The average molecular weight is 222 g/mol. The number of hydrogen-bond acceptors (Lipinski definition) is 5. The molecule has 2 N–H and O–H groups in total. The zero-order chi connectivity index (χ0) is 11.2. The molecule has 0 aromatic heterocycles. The Morgan fingerprint density at radius 3 is 2.60 bits per heavy atom. The monoisotopic (exact) mass is 222 g/mol. The van der Waals surface area contributed by atoms with Gasteiger partial charge >= 0.3 is 0 Å². The highest BCUT2D eigenvalue weighted by Gasteiger charge is 2.56. The zero-order valence-corrected chi connectivity index (χ0v) is 8.59. The quantitative estimate of drug-likeness (QED) is 0.662. The minimum absolute atomic E-state index is 0.548. The zero-order valence-electron chi connectivity index (χ0n) is 8.59. The van der Waals surface area contributed by atoms with Crippen LogP contribution < -0.4 is 0 Å². The molecule has 88 valence electrons. The Balaban J connectivity index is 2.05. The van der Waals surface area contributed by atoms with Crippen molar-refractivity contribution in [1.82, 2.24) is 0 Å². The lowest BCUT2D eigenvalue weighted by Crippen LogP contribution is -2.40. The molecule has 0 radical (unpaired) electrons. The fourth-order valence-corrected chi connectivity index (χ4v) is 1.90. The Kier molecular flexibility index (Phi) is 2.72. The van der Waals surface area contributed by atoms with Crippen LogP contribution in [0.15, 0.2) is 0 Å². The first-order valence-corrected chi connectivity index (χ1v) is 4.89. The van der Waals surface area contributed by atoms with Crippen molar-refractivity contribution in [3.05, 3.63) is 0 Å². The van der Waals surface area contributed by atoms with Gasteiger partial charge in [0.2, 0.25) is 0 Å². The summed E-state index contributed by atoms with van der Waals surface area (Å²) in [5.41, 5.74) is 0. The maximum Gasteiger partial charge on any atom is 0.190 e. The van der Waals surface area contributed by atoms with Gasteiger partial charge in [0.15, 0.2) is 18.2 Å². The molecule has 2 aliphatic rings. The number of halogens is 1. The molecule has 0 saturated carbocycles. The van der Waals surface area contributed by atoms with Crippen LogP contribution in [-0.4, -0.2) is 53.4 Å². The van der Waals surface area contributed by atoms with Crippen LogP contribution in [-0.2, 0) is 14.2 Å². The Labute approximate surface area is 86.7 Å². The fraction of sp³-hybridized carbons (Fsp3) is 1.00. The van der Waals surface area contributed by atoms with E-state index < -0.39 is 43.2 Å². The van der Waals surface area contributed by atoms with Crippen molar-refractivity contribution in [1.29, 1.82) is 0 Å². The van der Waals surface area contributed by atoms with Crippen LogP contribution in [0.3, 0.4) is 0 Å². The van der Waals surface area contributed by atoms with Crippen molar-refractivity contribution in [3.8, 4) is 0 Å². The van der Waals surface area contributed by atoms with E-state index >= 15 is 0 Å². The van der Waals surface area contributed by atoms with Crippen molar-refractivity contribution in [3.63, 3.8) is 0 Å². The summed E-state index contributed by atoms with van der Waals surface area (Å²) in [6.07, 6.45) is -5.45. The van der Waals surface area contributed by atoms with Gasteiger partial charge in [0.1, 0.15) is 18.3 Å². The van der Waals surface area contributed by atoms with E-state index in [1.54, 1.807) is 13.8 Å². The maximum absolute atomic E-state index is 13.7. The SMILES string of the molecule is CC1(C)O[C@H]2O[C@H]([C@H](O)CO)C(F)[C@H]2O1. The number of aliphatic hydroxyl groups excluding tert-OH is 2. The summed E-state index contributed by atoms with van der Waals surface area (Å²) in [6, 6.07) is 0. The number of fused-ring (bicyclic) bond motifs is 1. The van der Waals surface area contributed by atoms with Crippen LogP contribution in [0, 0.1) is 0 Å². The van der Waals surface area contributed by atoms with Crippen molar-refractivity contribution >= 4 is 0 Å². The highest BCUT2D eigenvalue weighted by Crippen LogP contribution is 2.39. The number of aliphatic hydroxyl groups is 2. The molecular weight excluding hydrogens is 207 g/mol. The lowest BCUT2D eigenvalue weighted by Gasteiger charge is -2.23. The normalized spacial score (nSPS) is 45.4. The van der Waals surface area contributed by atoms with E-state index in [4.69, 9.17) is 19.3 Å². The molecule has 5 atom stereocenters. The molecule has 0 bridgehead atoms. The molecule has 0 amide bonds. The lowest BCUT2D eigenvalue weighted by atomic mass is 10.1. The Morgan fingerprint density at radius 1 is 1.40 bits per heavy atom. The second-order valence-corrected chi connectivity index (χ2v) is 4.26. The van der Waals surface area contributed by atoms with E-state index in [-0.39, 0.29) is 0 Å². The lowest BCUT2D eigenvalue weighted by molar-refractivity contribution is -0.222. The molecular formula is C9H15FO5. The van der Waals surface area contributed by atoms with E-state index in [2.05, 4.69) is 0 Å². The van der Waals surface area contributed by atoms with Crippen LogP contribution in [0.4, 0.5) is 4.39 Å². The standard InChI is InChI=1S/C9H15FO5/c1-9(2)14-7-5(10)6(4(12)3-11)13-8(7)15-9/h4-8,11-12H,3H2,1-2H3/t4-,5?,6-,7-,8-/m1/s1. The van der Waals surface area contributed by atoms with Crippen LogP contribution in [0.5, 0.6) is 0 Å². The molecule has 2 aliphatic heterocycles. The van der Waals surface area contributed by atoms with Crippen LogP contribution in [0.25, 0.3) is 0 Å². The van der Waals surface area contributed by atoms with Crippen LogP contribution >= 0.6 is 0 Å².